The molecule has 0 bridgehead atoms. The summed E-state index contributed by atoms with van der Waals surface area (Å²) < 4.78 is 5.83. The predicted octanol–water partition coefficient (Wildman–Crippen LogP) is 4.45. The van der Waals surface area contributed by atoms with Crippen LogP contribution in [0.2, 0.25) is 0 Å². The first-order valence-corrected chi connectivity index (χ1v) is 9.78. The van der Waals surface area contributed by atoms with E-state index in [0.717, 1.165) is 32.4 Å². The van der Waals surface area contributed by atoms with Gasteiger partial charge in [-0.2, -0.15) is 0 Å². The van der Waals surface area contributed by atoms with Crippen molar-refractivity contribution in [3.05, 3.63) is 0 Å². The Bertz CT molecular complexity index is 365. The summed E-state index contributed by atoms with van der Waals surface area (Å²) in [4.78, 5) is 15.2. The Labute approximate surface area is 157 Å². The maximum absolute atomic E-state index is 12.9. The standard InChI is InChI=1S/C16H29I2NO2/c1-14(2,17)11-16(5,15(3,4)18)13(20)21-12-7-9-19(6)10-8-12/h12H,7-11H2,1-6H3. The van der Waals surface area contributed by atoms with Crippen molar-refractivity contribution in [1.29, 1.82) is 0 Å². The van der Waals surface area contributed by atoms with Crippen molar-refractivity contribution in [2.45, 2.75) is 66.8 Å². The normalized spacial score (nSPS) is 21.9. The zero-order chi connectivity index (χ0) is 16.5. The van der Waals surface area contributed by atoms with E-state index >= 15 is 0 Å². The summed E-state index contributed by atoms with van der Waals surface area (Å²) >= 11 is 4.83. The number of carbonyl (C=O) groups excluding carboxylic acids is 1. The van der Waals surface area contributed by atoms with Crippen LogP contribution in [0, 0.1) is 5.41 Å². The highest BCUT2D eigenvalue weighted by molar-refractivity contribution is 14.1. The predicted molar refractivity (Wildman–Crippen MR) is 106 cm³/mol. The number of rotatable bonds is 5. The number of piperidine rings is 1. The van der Waals surface area contributed by atoms with Crippen LogP contribution in [0.1, 0.15) is 53.9 Å². The Morgan fingerprint density at radius 1 is 1.14 bits per heavy atom. The fourth-order valence-electron chi connectivity index (χ4n) is 2.75. The Hall–Kier alpha value is 0.890. The van der Waals surface area contributed by atoms with Crippen LogP contribution in [-0.4, -0.2) is 44.0 Å². The molecule has 1 atom stereocenters. The van der Waals surface area contributed by atoms with Gasteiger partial charge in [-0.1, -0.05) is 59.0 Å². The highest BCUT2D eigenvalue weighted by Gasteiger charge is 2.50. The SMILES string of the molecule is CN1CCC(OC(=O)C(C)(CC(C)(C)I)C(C)(C)I)CC1. The van der Waals surface area contributed by atoms with Gasteiger partial charge >= 0.3 is 5.97 Å². The van der Waals surface area contributed by atoms with Gasteiger partial charge in [-0.15, -0.1) is 0 Å². The lowest BCUT2D eigenvalue weighted by molar-refractivity contribution is -0.164. The summed E-state index contributed by atoms with van der Waals surface area (Å²) in [5.41, 5.74) is -0.471. The molecule has 1 rings (SSSR count). The largest absolute Gasteiger partial charge is 0.462 e. The third kappa shape index (κ3) is 5.79. The second-order valence-electron chi connectivity index (χ2n) is 7.61. The first-order chi connectivity index (χ1) is 9.35. The number of ether oxygens (including phenoxy) is 1. The van der Waals surface area contributed by atoms with Gasteiger partial charge in [-0.25, -0.2) is 0 Å². The van der Waals surface area contributed by atoms with E-state index in [1.165, 1.54) is 0 Å². The monoisotopic (exact) mass is 521 g/mol. The molecule has 124 valence electrons. The lowest BCUT2D eigenvalue weighted by Gasteiger charge is -2.42. The fraction of sp³-hybridized carbons (Fsp3) is 0.938. The van der Waals surface area contributed by atoms with Gasteiger partial charge in [-0.3, -0.25) is 4.79 Å². The van der Waals surface area contributed by atoms with Crippen molar-refractivity contribution in [2.24, 2.45) is 5.41 Å². The fourth-order valence-corrected chi connectivity index (χ4v) is 3.92. The van der Waals surface area contributed by atoms with Gasteiger partial charge in [0.15, 0.2) is 0 Å². The number of halogens is 2. The van der Waals surface area contributed by atoms with Gasteiger partial charge in [0.2, 0.25) is 0 Å². The molecule has 0 amide bonds. The molecule has 0 aromatic rings. The zero-order valence-corrected chi connectivity index (χ0v) is 18.4. The number of carbonyl (C=O) groups is 1. The molecule has 0 aromatic heterocycles. The molecule has 1 saturated heterocycles. The van der Waals surface area contributed by atoms with Gasteiger partial charge in [0, 0.05) is 19.9 Å². The maximum atomic E-state index is 12.9. The average molecular weight is 521 g/mol. The minimum atomic E-state index is -0.471. The molecule has 5 heteroatoms. The molecular weight excluding hydrogens is 492 g/mol. The van der Waals surface area contributed by atoms with Crippen molar-refractivity contribution >= 4 is 51.2 Å². The Morgan fingerprint density at radius 2 is 1.62 bits per heavy atom. The first kappa shape index (κ1) is 19.9. The summed E-state index contributed by atoms with van der Waals surface area (Å²) in [6, 6.07) is 0. The van der Waals surface area contributed by atoms with E-state index in [2.05, 4.69) is 91.7 Å². The Balaban J connectivity index is 2.82. The van der Waals surface area contributed by atoms with E-state index in [1.54, 1.807) is 0 Å². The number of likely N-dealkylation sites (tertiary alicyclic amines) is 1. The minimum Gasteiger partial charge on any atom is -0.462 e. The molecule has 0 aromatic carbocycles. The average Bonchev–Trinajstić information content (AvgIpc) is 2.28. The van der Waals surface area contributed by atoms with Crippen molar-refractivity contribution in [2.75, 3.05) is 20.1 Å². The smallest absolute Gasteiger partial charge is 0.313 e. The zero-order valence-electron chi connectivity index (χ0n) is 14.1. The first-order valence-electron chi connectivity index (χ1n) is 7.63. The molecule has 1 aliphatic heterocycles. The summed E-state index contributed by atoms with van der Waals surface area (Å²) in [6.45, 7) is 12.7. The van der Waals surface area contributed by atoms with Crippen LogP contribution in [0.15, 0.2) is 0 Å². The summed E-state index contributed by atoms with van der Waals surface area (Å²) in [5.74, 6) is -0.0267. The van der Waals surface area contributed by atoms with Gasteiger partial charge in [-0.05, 0) is 47.1 Å². The van der Waals surface area contributed by atoms with E-state index in [4.69, 9.17) is 4.74 Å². The molecule has 0 N–H and O–H groups in total. The van der Waals surface area contributed by atoms with Gasteiger partial charge in [0.05, 0.1) is 5.41 Å². The molecule has 3 nitrogen and oxygen atoms in total. The van der Waals surface area contributed by atoms with Gasteiger partial charge < -0.3 is 9.64 Å². The second kappa shape index (κ2) is 7.20. The molecule has 1 aliphatic rings. The van der Waals surface area contributed by atoms with Crippen LogP contribution in [0.4, 0.5) is 0 Å². The highest BCUT2D eigenvalue weighted by atomic mass is 127. The van der Waals surface area contributed by atoms with Crippen molar-refractivity contribution < 1.29 is 9.53 Å². The molecule has 0 spiro atoms. The van der Waals surface area contributed by atoms with Crippen LogP contribution in [0.25, 0.3) is 0 Å². The molecule has 0 aliphatic carbocycles. The number of esters is 1. The quantitative estimate of drug-likeness (QED) is 0.305. The van der Waals surface area contributed by atoms with Gasteiger partial charge in [0.1, 0.15) is 6.10 Å². The number of nitrogens with zero attached hydrogens (tertiary/aromatic N) is 1. The van der Waals surface area contributed by atoms with E-state index in [9.17, 15) is 4.79 Å². The Kier molecular flexibility index (Phi) is 6.83. The molecule has 0 radical (unpaired) electrons. The molecule has 21 heavy (non-hydrogen) atoms. The van der Waals surface area contributed by atoms with E-state index in [-0.39, 0.29) is 18.9 Å². The number of hydrogen-bond donors (Lipinski definition) is 0. The van der Waals surface area contributed by atoms with Crippen LogP contribution >= 0.6 is 45.2 Å². The topological polar surface area (TPSA) is 29.5 Å². The van der Waals surface area contributed by atoms with E-state index in [0.29, 0.717) is 0 Å². The second-order valence-corrected chi connectivity index (χ2v) is 13.2. The maximum Gasteiger partial charge on any atom is 0.313 e. The highest BCUT2D eigenvalue weighted by Crippen LogP contribution is 2.47. The third-order valence-corrected chi connectivity index (χ3v) is 6.05. The van der Waals surface area contributed by atoms with Crippen LogP contribution in [0.3, 0.4) is 0 Å². The molecule has 0 saturated carbocycles. The van der Waals surface area contributed by atoms with Crippen LogP contribution in [-0.2, 0) is 9.53 Å². The molecule has 1 fully saturated rings. The van der Waals surface area contributed by atoms with Crippen molar-refractivity contribution in [3.63, 3.8) is 0 Å². The van der Waals surface area contributed by atoms with Crippen molar-refractivity contribution in [3.8, 4) is 0 Å². The molecular formula is C16H29I2NO2. The Morgan fingerprint density at radius 3 is 2.00 bits per heavy atom. The van der Waals surface area contributed by atoms with E-state index in [1.807, 2.05) is 0 Å². The number of hydrogen-bond acceptors (Lipinski definition) is 3. The summed E-state index contributed by atoms with van der Waals surface area (Å²) in [5, 5.41) is 0. The molecule has 1 unspecified atom stereocenters. The number of alkyl halides is 2. The molecule has 1 heterocycles. The lowest BCUT2D eigenvalue weighted by Crippen LogP contribution is -2.49. The minimum absolute atomic E-state index is 0.0267. The summed E-state index contributed by atoms with van der Waals surface area (Å²) in [7, 11) is 2.12. The van der Waals surface area contributed by atoms with Crippen molar-refractivity contribution in [1.82, 2.24) is 4.90 Å². The van der Waals surface area contributed by atoms with Crippen LogP contribution in [0.5, 0.6) is 0 Å². The van der Waals surface area contributed by atoms with E-state index < -0.39 is 5.41 Å². The van der Waals surface area contributed by atoms with Crippen LogP contribution < -0.4 is 0 Å². The summed E-state index contributed by atoms with van der Waals surface area (Å²) in [6.07, 6.45) is 2.81. The lowest BCUT2D eigenvalue weighted by atomic mass is 9.73. The third-order valence-electron chi connectivity index (χ3n) is 4.48. The van der Waals surface area contributed by atoms with Gasteiger partial charge in [0.25, 0.3) is 0 Å².